The predicted molar refractivity (Wildman–Crippen MR) is 81.5 cm³/mol. The van der Waals surface area contributed by atoms with Gasteiger partial charge in [-0.25, -0.2) is 13.1 Å². The summed E-state index contributed by atoms with van der Waals surface area (Å²) in [6, 6.07) is 4.83. The number of halogens is 2. The number of Topliss-reactive ketones (excluding diaryl/α,β-unsaturated/α-hetero) is 1. The summed E-state index contributed by atoms with van der Waals surface area (Å²) in [7, 11) is -3.72. The van der Waals surface area contributed by atoms with E-state index in [2.05, 4.69) is 36.6 Å². The topological polar surface area (TPSA) is 63.2 Å². The van der Waals surface area contributed by atoms with Gasteiger partial charge in [0.15, 0.2) is 5.78 Å². The molecule has 0 aliphatic carbocycles. The summed E-state index contributed by atoms with van der Waals surface area (Å²) in [6.07, 6.45) is 0. The molecule has 7 heteroatoms. The fourth-order valence-electron chi connectivity index (χ4n) is 1.19. The van der Waals surface area contributed by atoms with Crippen LogP contribution in [0.25, 0.3) is 0 Å². The zero-order valence-corrected chi connectivity index (χ0v) is 14.8. The third-order valence-electron chi connectivity index (χ3n) is 2.44. The number of carbonyl (C=O) groups excluding carboxylic acids is 1. The highest BCUT2D eigenvalue weighted by Gasteiger charge is 2.24. The van der Waals surface area contributed by atoms with Gasteiger partial charge in [0.2, 0.25) is 10.0 Å². The summed E-state index contributed by atoms with van der Waals surface area (Å²) < 4.78 is 27.7. The van der Waals surface area contributed by atoms with Crippen molar-refractivity contribution < 1.29 is 13.2 Å². The molecule has 4 nitrogen and oxygen atoms in total. The zero-order chi connectivity index (χ0) is 14.8. The first kappa shape index (κ1) is 16.8. The van der Waals surface area contributed by atoms with Crippen molar-refractivity contribution in [3.8, 4) is 0 Å². The molecule has 0 bridgehead atoms. The second-order valence-corrected chi connectivity index (χ2v) is 8.58. The van der Waals surface area contributed by atoms with Gasteiger partial charge in [-0.15, -0.1) is 0 Å². The molecular formula is C12H15Br2NO3S. The number of hydrogen-bond acceptors (Lipinski definition) is 3. The molecule has 0 aliphatic heterocycles. The van der Waals surface area contributed by atoms with E-state index in [1.807, 2.05) is 0 Å². The van der Waals surface area contributed by atoms with Crippen molar-refractivity contribution in [2.75, 3.05) is 6.54 Å². The molecule has 19 heavy (non-hydrogen) atoms. The van der Waals surface area contributed by atoms with Crippen molar-refractivity contribution in [3.05, 3.63) is 27.1 Å². The fourth-order valence-corrected chi connectivity index (χ4v) is 3.67. The number of sulfonamides is 1. The van der Waals surface area contributed by atoms with Gasteiger partial charge in [-0.2, -0.15) is 0 Å². The quantitative estimate of drug-likeness (QED) is 0.826. The molecule has 0 saturated heterocycles. The number of carbonyl (C=O) groups is 1. The van der Waals surface area contributed by atoms with E-state index in [0.29, 0.717) is 8.95 Å². The molecule has 0 heterocycles. The standard InChI is InChI=1S/C12H15Br2NO3S/c1-12(2,3)11(16)7-15-19(17,18)10-6-8(13)4-5-9(10)14/h4-6,15H,7H2,1-3H3. The molecule has 1 N–H and O–H groups in total. The predicted octanol–water partition coefficient (Wildman–Crippen LogP) is 3.11. The number of hydrogen-bond donors (Lipinski definition) is 1. The van der Waals surface area contributed by atoms with Crippen LogP contribution < -0.4 is 4.72 Å². The molecular weight excluding hydrogens is 398 g/mol. The molecule has 0 atom stereocenters. The lowest BCUT2D eigenvalue weighted by Gasteiger charge is -2.17. The molecule has 0 aliphatic rings. The molecule has 1 aromatic carbocycles. The van der Waals surface area contributed by atoms with Gasteiger partial charge in [0.25, 0.3) is 0 Å². The highest BCUT2D eigenvalue weighted by molar-refractivity contribution is 9.11. The molecule has 0 saturated carbocycles. The maximum absolute atomic E-state index is 12.1. The van der Waals surface area contributed by atoms with Gasteiger partial charge in [-0.1, -0.05) is 36.7 Å². The van der Waals surface area contributed by atoms with Crippen LogP contribution >= 0.6 is 31.9 Å². The Morgan fingerprint density at radius 1 is 1.26 bits per heavy atom. The normalized spacial score (nSPS) is 12.5. The second kappa shape index (κ2) is 6.03. The summed E-state index contributed by atoms with van der Waals surface area (Å²) in [6.45, 7) is 5.03. The molecule has 0 unspecified atom stereocenters. The number of benzene rings is 1. The summed E-state index contributed by atoms with van der Waals surface area (Å²) in [5, 5.41) is 0. The minimum Gasteiger partial charge on any atom is -0.298 e. The van der Waals surface area contributed by atoms with Crippen molar-refractivity contribution in [2.45, 2.75) is 25.7 Å². The van der Waals surface area contributed by atoms with Gasteiger partial charge in [-0.05, 0) is 34.1 Å². The van der Waals surface area contributed by atoms with Gasteiger partial charge in [0, 0.05) is 14.4 Å². The summed E-state index contributed by atoms with van der Waals surface area (Å²) in [4.78, 5) is 11.8. The molecule has 1 rings (SSSR count). The lowest BCUT2D eigenvalue weighted by molar-refractivity contribution is -0.125. The zero-order valence-electron chi connectivity index (χ0n) is 10.8. The number of rotatable bonds is 4. The molecule has 0 radical (unpaired) electrons. The Kier molecular flexibility index (Phi) is 5.34. The average molecular weight is 413 g/mol. The highest BCUT2D eigenvalue weighted by Crippen LogP contribution is 2.25. The minimum atomic E-state index is -3.72. The van der Waals surface area contributed by atoms with E-state index in [9.17, 15) is 13.2 Å². The molecule has 0 fully saturated rings. The average Bonchev–Trinajstić information content (AvgIpc) is 2.28. The Morgan fingerprint density at radius 2 is 1.84 bits per heavy atom. The van der Waals surface area contributed by atoms with E-state index in [-0.39, 0.29) is 17.2 Å². The smallest absolute Gasteiger partial charge is 0.242 e. The third kappa shape index (κ3) is 4.66. The maximum atomic E-state index is 12.1. The van der Waals surface area contributed by atoms with E-state index in [1.54, 1.807) is 32.9 Å². The second-order valence-electron chi connectivity index (χ2n) is 5.07. The van der Waals surface area contributed by atoms with E-state index in [0.717, 1.165) is 0 Å². The number of ketones is 1. The van der Waals surface area contributed by atoms with Gasteiger partial charge in [-0.3, -0.25) is 4.79 Å². The van der Waals surface area contributed by atoms with Gasteiger partial charge < -0.3 is 0 Å². The van der Waals surface area contributed by atoms with Crippen LogP contribution in [0.4, 0.5) is 0 Å². The molecule has 0 aromatic heterocycles. The van der Waals surface area contributed by atoms with Crippen LogP contribution in [0.3, 0.4) is 0 Å². The molecule has 0 spiro atoms. The van der Waals surface area contributed by atoms with Crippen LogP contribution in [0.15, 0.2) is 32.0 Å². The van der Waals surface area contributed by atoms with Crippen molar-refractivity contribution in [1.82, 2.24) is 4.72 Å². The van der Waals surface area contributed by atoms with Crippen LogP contribution in [0.2, 0.25) is 0 Å². The Morgan fingerprint density at radius 3 is 2.37 bits per heavy atom. The van der Waals surface area contributed by atoms with Gasteiger partial charge in [0.05, 0.1) is 11.4 Å². The SMILES string of the molecule is CC(C)(C)C(=O)CNS(=O)(=O)c1cc(Br)ccc1Br. The Bertz CT molecular complexity index is 591. The van der Waals surface area contributed by atoms with Crippen LogP contribution in [0.5, 0.6) is 0 Å². The largest absolute Gasteiger partial charge is 0.298 e. The summed E-state index contributed by atoms with van der Waals surface area (Å²) in [5.74, 6) is -0.165. The summed E-state index contributed by atoms with van der Waals surface area (Å²) >= 11 is 6.41. The first-order valence-electron chi connectivity index (χ1n) is 5.52. The van der Waals surface area contributed by atoms with Crippen molar-refractivity contribution in [1.29, 1.82) is 0 Å². The third-order valence-corrected chi connectivity index (χ3v) is 5.33. The first-order chi connectivity index (χ1) is 8.54. The lowest BCUT2D eigenvalue weighted by Crippen LogP contribution is -2.35. The van der Waals surface area contributed by atoms with Crippen LogP contribution in [-0.2, 0) is 14.8 Å². The van der Waals surface area contributed by atoms with Crippen molar-refractivity contribution in [3.63, 3.8) is 0 Å². The minimum absolute atomic E-state index is 0.101. The number of nitrogens with one attached hydrogen (secondary N) is 1. The van der Waals surface area contributed by atoms with Gasteiger partial charge >= 0.3 is 0 Å². The maximum Gasteiger partial charge on any atom is 0.242 e. The summed E-state index contributed by atoms with van der Waals surface area (Å²) in [5.41, 5.74) is -0.572. The van der Waals surface area contributed by atoms with Crippen LogP contribution in [0.1, 0.15) is 20.8 Å². The molecule has 0 amide bonds. The Labute approximate surface area is 130 Å². The first-order valence-corrected chi connectivity index (χ1v) is 8.59. The van der Waals surface area contributed by atoms with E-state index in [4.69, 9.17) is 0 Å². The fraction of sp³-hybridized carbons (Fsp3) is 0.417. The van der Waals surface area contributed by atoms with Crippen molar-refractivity contribution >= 4 is 47.7 Å². The highest BCUT2D eigenvalue weighted by atomic mass is 79.9. The van der Waals surface area contributed by atoms with E-state index >= 15 is 0 Å². The Hall–Kier alpha value is -0.240. The van der Waals surface area contributed by atoms with Crippen LogP contribution in [-0.4, -0.2) is 20.7 Å². The molecule has 1 aromatic rings. The van der Waals surface area contributed by atoms with E-state index in [1.165, 1.54) is 6.07 Å². The van der Waals surface area contributed by atoms with Crippen LogP contribution in [0, 0.1) is 5.41 Å². The van der Waals surface area contributed by atoms with Gasteiger partial charge in [0.1, 0.15) is 0 Å². The molecule has 106 valence electrons. The monoisotopic (exact) mass is 411 g/mol. The van der Waals surface area contributed by atoms with Crippen molar-refractivity contribution in [2.24, 2.45) is 5.41 Å². The van der Waals surface area contributed by atoms with E-state index < -0.39 is 15.4 Å². The lowest BCUT2D eigenvalue weighted by atomic mass is 9.91. The Balaban J connectivity index is 2.94.